The Hall–Kier alpha value is -3.15. The van der Waals surface area contributed by atoms with Gasteiger partial charge in [0.2, 0.25) is 0 Å². The molecule has 0 bridgehead atoms. The highest BCUT2D eigenvalue weighted by atomic mass is 16.1. The van der Waals surface area contributed by atoms with Crippen LogP contribution >= 0.6 is 0 Å². The highest BCUT2D eigenvalue weighted by molar-refractivity contribution is 6.07. The SMILES string of the molecule is Cc1ccccc1NC(=O)c1cnn(-c2ccccn2)c1N. The number of hydrogen-bond donors (Lipinski definition) is 2. The molecular formula is C16H15N5O. The van der Waals surface area contributed by atoms with Crippen molar-refractivity contribution in [1.82, 2.24) is 14.8 Å². The Morgan fingerprint density at radius 1 is 1.18 bits per heavy atom. The van der Waals surface area contributed by atoms with Crippen molar-refractivity contribution in [2.24, 2.45) is 0 Å². The van der Waals surface area contributed by atoms with E-state index in [4.69, 9.17) is 5.73 Å². The van der Waals surface area contributed by atoms with Gasteiger partial charge in [-0.2, -0.15) is 9.78 Å². The Morgan fingerprint density at radius 3 is 2.68 bits per heavy atom. The fraction of sp³-hybridized carbons (Fsp3) is 0.0625. The fourth-order valence-electron chi connectivity index (χ4n) is 2.10. The third kappa shape index (κ3) is 2.54. The molecule has 110 valence electrons. The van der Waals surface area contributed by atoms with Gasteiger partial charge >= 0.3 is 0 Å². The molecule has 0 unspecified atom stereocenters. The number of hydrogen-bond acceptors (Lipinski definition) is 4. The number of benzene rings is 1. The van der Waals surface area contributed by atoms with Crippen LogP contribution < -0.4 is 11.1 Å². The number of nitrogens with one attached hydrogen (secondary N) is 1. The average Bonchev–Trinajstić information content (AvgIpc) is 2.92. The summed E-state index contributed by atoms with van der Waals surface area (Å²) in [4.78, 5) is 16.5. The summed E-state index contributed by atoms with van der Waals surface area (Å²) in [5, 5.41) is 6.98. The zero-order valence-corrected chi connectivity index (χ0v) is 12.0. The molecule has 0 fully saturated rings. The minimum absolute atomic E-state index is 0.254. The summed E-state index contributed by atoms with van der Waals surface area (Å²) in [7, 11) is 0. The second kappa shape index (κ2) is 5.69. The molecule has 6 nitrogen and oxygen atoms in total. The molecule has 1 amide bonds. The molecular weight excluding hydrogens is 278 g/mol. The predicted octanol–water partition coefficient (Wildman–Crippen LogP) is 2.41. The van der Waals surface area contributed by atoms with E-state index in [-0.39, 0.29) is 11.7 Å². The summed E-state index contributed by atoms with van der Waals surface area (Å²) in [6.45, 7) is 1.93. The van der Waals surface area contributed by atoms with Crippen molar-refractivity contribution < 1.29 is 4.79 Å². The Kier molecular flexibility index (Phi) is 3.57. The standard InChI is InChI=1S/C16H15N5O/c1-11-6-2-3-7-13(11)20-16(22)12-10-19-21(15(12)17)14-8-4-5-9-18-14/h2-10H,17H2,1H3,(H,20,22). The second-order valence-electron chi connectivity index (χ2n) is 4.81. The molecule has 0 aliphatic heterocycles. The van der Waals surface area contributed by atoms with Gasteiger partial charge in [0.15, 0.2) is 5.82 Å². The first-order valence-electron chi connectivity index (χ1n) is 6.78. The molecule has 3 aromatic rings. The van der Waals surface area contributed by atoms with Gasteiger partial charge in [-0.1, -0.05) is 24.3 Å². The van der Waals surface area contributed by atoms with Gasteiger partial charge in [-0.05, 0) is 30.7 Å². The number of aryl methyl sites for hydroxylation is 1. The van der Waals surface area contributed by atoms with Gasteiger partial charge in [0.1, 0.15) is 11.4 Å². The molecule has 0 saturated heterocycles. The number of carbonyl (C=O) groups is 1. The van der Waals surface area contributed by atoms with Crippen molar-refractivity contribution in [3.8, 4) is 5.82 Å². The van der Waals surface area contributed by atoms with Crippen molar-refractivity contribution in [2.75, 3.05) is 11.1 Å². The number of amides is 1. The summed E-state index contributed by atoms with van der Waals surface area (Å²) >= 11 is 0. The Bertz CT molecular complexity index is 810. The third-order valence-corrected chi connectivity index (χ3v) is 3.31. The van der Waals surface area contributed by atoms with E-state index in [1.54, 1.807) is 18.3 Å². The van der Waals surface area contributed by atoms with Crippen LogP contribution in [0, 0.1) is 6.92 Å². The van der Waals surface area contributed by atoms with E-state index in [0.717, 1.165) is 11.3 Å². The van der Waals surface area contributed by atoms with Crippen molar-refractivity contribution in [2.45, 2.75) is 6.92 Å². The molecule has 0 atom stereocenters. The van der Waals surface area contributed by atoms with Gasteiger partial charge in [-0.15, -0.1) is 0 Å². The van der Waals surface area contributed by atoms with Gasteiger partial charge in [0.25, 0.3) is 5.91 Å². The van der Waals surface area contributed by atoms with Gasteiger partial charge in [-0.25, -0.2) is 4.98 Å². The molecule has 3 N–H and O–H groups in total. The maximum Gasteiger partial charge on any atom is 0.261 e. The lowest BCUT2D eigenvalue weighted by Crippen LogP contribution is -2.14. The summed E-state index contributed by atoms with van der Waals surface area (Å²) < 4.78 is 1.44. The minimum Gasteiger partial charge on any atom is -0.383 e. The Morgan fingerprint density at radius 2 is 1.95 bits per heavy atom. The first-order valence-corrected chi connectivity index (χ1v) is 6.78. The highest BCUT2D eigenvalue weighted by Gasteiger charge is 2.17. The van der Waals surface area contributed by atoms with Crippen LogP contribution in [0.5, 0.6) is 0 Å². The summed E-state index contributed by atoms with van der Waals surface area (Å²) in [5.41, 5.74) is 8.07. The highest BCUT2D eigenvalue weighted by Crippen LogP contribution is 2.19. The predicted molar refractivity (Wildman–Crippen MR) is 84.9 cm³/mol. The lowest BCUT2D eigenvalue weighted by Gasteiger charge is -2.08. The smallest absolute Gasteiger partial charge is 0.261 e. The van der Waals surface area contributed by atoms with Crippen LogP contribution in [0.1, 0.15) is 15.9 Å². The topological polar surface area (TPSA) is 85.8 Å². The number of nitrogen functional groups attached to an aromatic ring is 1. The van der Waals surface area contributed by atoms with E-state index in [2.05, 4.69) is 15.4 Å². The first-order chi connectivity index (χ1) is 10.7. The van der Waals surface area contributed by atoms with Crippen LogP contribution in [0.15, 0.2) is 54.9 Å². The summed E-state index contributed by atoms with van der Waals surface area (Å²) in [6.07, 6.45) is 3.08. The summed E-state index contributed by atoms with van der Waals surface area (Å²) in [6, 6.07) is 12.9. The van der Waals surface area contributed by atoms with Gasteiger partial charge in [0.05, 0.1) is 6.20 Å². The van der Waals surface area contributed by atoms with Crippen molar-refractivity contribution in [1.29, 1.82) is 0 Å². The molecule has 6 heteroatoms. The number of pyridine rings is 1. The lowest BCUT2D eigenvalue weighted by molar-refractivity contribution is 0.102. The van der Waals surface area contributed by atoms with Crippen LogP contribution in [0.4, 0.5) is 11.5 Å². The monoisotopic (exact) mass is 293 g/mol. The van der Waals surface area contributed by atoms with Crippen LogP contribution in [0.2, 0.25) is 0 Å². The van der Waals surface area contributed by atoms with E-state index in [9.17, 15) is 4.79 Å². The van der Waals surface area contributed by atoms with Crippen LogP contribution in [0.3, 0.4) is 0 Å². The van der Waals surface area contributed by atoms with E-state index < -0.39 is 0 Å². The molecule has 0 spiro atoms. The largest absolute Gasteiger partial charge is 0.383 e. The number of anilines is 2. The van der Waals surface area contributed by atoms with E-state index >= 15 is 0 Å². The van der Waals surface area contributed by atoms with E-state index in [1.165, 1.54) is 10.9 Å². The molecule has 0 aliphatic carbocycles. The quantitative estimate of drug-likeness (QED) is 0.776. The fourth-order valence-corrected chi connectivity index (χ4v) is 2.10. The maximum absolute atomic E-state index is 12.4. The van der Waals surface area contributed by atoms with Gasteiger partial charge in [-0.3, -0.25) is 4.79 Å². The minimum atomic E-state index is -0.297. The van der Waals surface area contributed by atoms with Gasteiger partial charge < -0.3 is 11.1 Å². The molecule has 3 rings (SSSR count). The van der Waals surface area contributed by atoms with Crippen molar-refractivity contribution in [3.63, 3.8) is 0 Å². The summed E-state index contributed by atoms with van der Waals surface area (Å²) in [5.74, 6) is 0.522. The molecule has 2 aromatic heterocycles. The molecule has 2 heterocycles. The number of carbonyl (C=O) groups excluding carboxylic acids is 1. The Balaban J connectivity index is 1.89. The van der Waals surface area contributed by atoms with E-state index in [1.807, 2.05) is 37.3 Å². The number of nitrogens with zero attached hydrogens (tertiary/aromatic N) is 3. The molecule has 22 heavy (non-hydrogen) atoms. The van der Waals surface area contributed by atoms with Crippen LogP contribution in [0.25, 0.3) is 5.82 Å². The molecule has 0 saturated carbocycles. The average molecular weight is 293 g/mol. The molecule has 0 radical (unpaired) electrons. The second-order valence-corrected chi connectivity index (χ2v) is 4.81. The number of para-hydroxylation sites is 1. The van der Waals surface area contributed by atoms with Crippen molar-refractivity contribution in [3.05, 3.63) is 66.0 Å². The van der Waals surface area contributed by atoms with E-state index in [0.29, 0.717) is 11.4 Å². The maximum atomic E-state index is 12.4. The first kappa shape index (κ1) is 13.8. The number of aromatic nitrogens is 3. The molecule has 0 aliphatic rings. The number of rotatable bonds is 3. The van der Waals surface area contributed by atoms with Gasteiger partial charge in [0, 0.05) is 11.9 Å². The van der Waals surface area contributed by atoms with Crippen LogP contribution in [-0.4, -0.2) is 20.7 Å². The zero-order valence-electron chi connectivity index (χ0n) is 12.0. The lowest BCUT2D eigenvalue weighted by atomic mass is 10.2. The number of nitrogens with two attached hydrogens (primary N) is 1. The molecule has 1 aromatic carbocycles. The Labute approximate surface area is 127 Å². The van der Waals surface area contributed by atoms with Crippen molar-refractivity contribution >= 4 is 17.4 Å². The van der Waals surface area contributed by atoms with Crippen LogP contribution in [-0.2, 0) is 0 Å². The third-order valence-electron chi connectivity index (χ3n) is 3.31. The normalized spacial score (nSPS) is 10.4. The zero-order chi connectivity index (χ0) is 15.5.